The van der Waals surface area contributed by atoms with Gasteiger partial charge in [0.2, 0.25) is 0 Å². The van der Waals surface area contributed by atoms with Gasteiger partial charge < -0.3 is 9.97 Å². The molecule has 0 heterocycles. The van der Waals surface area contributed by atoms with Crippen molar-refractivity contribution in [3.63, 3.8) is 0 Å². The summed E-state index contributed by atoms with van der Waals surface area (Å²) in [5, 5.41) is 4.91. The molecule has 5 heteroatoms. The normalized spacial score (nSPS) is 10.9. The van der Waals surface area contributed by atoms with Crippen LogP contribution in [0.25, 0.3) is 0 Å². The van der Waals surface area contributed by atoms with Gasteiger partial charge in [0.25, 0.3) is 0 Å². The third-order valence-corrected chi connectivity index (χ3v) is 5.55. The van der Waals surface area contributed by atoms with E-state index in [1.165, 1.54) is 5.56 Å². The van der Waals surface area contributed by atoms with Crippen LogP contribution in [0.2, 0.25) is 10.0 Å². The molecule has 3 aromatic rings. The molecule has 0 aliphatic heterocycles. The van der Waals surface area contributed by atoms with E-state index >= 15 is 0 Å². The molecule has 0 aromatic heterocycles. The maximum absolute atomic E-state index is 6.36. The van der Waals surface area contributed by atoms with Crippen molar-refractivity contribution in [3.8, 4) is 0 Å². The first-order valence-electron chi connectivity index (χ1n) is 9.43. The molecule has 0 radical (unpaired) electrons. The minimum Gasteiger partial charge on any atom is -0.426 e. The average molecular weight is 412 g/mol. The zero-order valence-electron chi connectivity index (χ0n) is 16.2. The number of rotatable bonds is 8. The van der Waals surface area contributed by atoms with Crippen LogP contribution in [0, 0.1) is 13.8 Å². The van der Waals surface area contributed by atoms with Crippen LogP contribution in [-0.4, -0.2) is 20.1 Å². The number of aryl methyl sites for hydroxylation is 2. The number of hydrogen-bond donors (Lipinski definition) is 1. The fourth-order valence-electron chi connectivity index (χ4n) is 3.01. The van der Waals surface area contributed by atoms with Crippen molar-refractivity contribution in [2.45, 2.75) is 20.4 Å². The highest BCUT2D eigenvalue weighted by atomic mass is 35.5. The topological polar surface area (TPSA) is 21.3 Å². The van der Waals surface area contributed by atoms with Crippen molar-refractivity contribution in [3.05, 3.63) is 93.5 Å². The quantitative estimate of drug-likeness (QED) is 0.434. The molecule has 2 nitrogen and oxygen atoms in total. The Kier molecular flexibility index (Phi) is 7.58. The second-order valence-corrected chi connectivity index (χ2v) is 7.74. The van der Waals surface area contributed by atoms with Gasteiger partial charge in [0.05, 0.1) is 0 Å². The van der Waals surface area contributed by atoms with Gasteiger partial charge in [-0.3, -0.25) is 0 Å². The van der Waals surface area contributed by atoms with E-state index in [1.807, 2.05) is 56.3 Å². The van der Waals surface area contributed by atoms with Gasteiger partial charge in [-0.05, 0) is 53.6 Å². The lowest BCUT2D eigenvalue weighted by Crippen LogP contribution is -2.46. The number of nitrogens with one attached hydrogen (secondary N) is 1. The van der Waals surface area contributed by atoms with Gasteiger partial charge >= 0.3 is 6.92 Å². The number of benzene rings is 3. The summed E-state index contributed by atoms with van der Waals surface area (Å²) in [6, 6.07) is 22.5. The second kappa shape index (κ2) is 10.1. The molecule has 3 aromatic carbocycles. The molecular weight excluding hydrogens is 388 g/mol. The van der Waals surface area contributed by atoms with Crippen molar-refractivity contribution in [2.75, 3.05) is 13.2 Å². The molecule has 3 rings (SSSR count). The molecule has 0 saturated carbocycles. The summed E-state index contributed by atoms with van der Waals surface area (Å²) in [7, 11) is 0. The van der Waals surface area contributed by atoms with Crippen LogP contribution in [0.1, 0.15) is 16.7 Å². The highest BCUT2D eigenvalue weighted by Gasteiger charge is 2.22. The Morgan fingerprint density at radius 2 is 1.39 bits per heavy atom. The van der Waals surface area contributed by atoms with Gasteiger partial charge in [-0.25, -0.2) is 0 Å². The van der Waals surface area contributed by atoms with Crippen LogP contribution in [0.5, 0.6) is 0 Å². The summed E-state index contributed by atoms with van der Waals surface area (Å²) >= 11 is 12.7. The fourth-order valence-corrected chi connectivity index (χ4v) is 3.38. The Bertz CT molecular complexity index is 866. The molecule has 0 fully saturated rings. The van der Waals surface area contributed by atoms with E-state index in [-0.39, 0.29) is 6.92 Å². The summed E-state index contributed by atoms with van der Waals surface area (Å²) in [5.74, 6) is 0. The van der Waals surface area contributed by atoms with E-state index in [4.69, 9.17) is 27.9 Å². The molecule has 1 N–H and O–H groups in total. The Morgan fingerprint density at radius 3 is 1.93 bits per heavy atom. The highest BCUT2D eigenvalue weighted by molar-refractivity contribution is 6.80. The molecule has 0 spiro atoms. The third kappa shape index (κ3) is 5.62. The van der Waals surface area contributed by atoms with E-state index in [1.54, 1.807) is 0 Å². The van der Waals surface area contributed by atoms with Crippen LogP contribution in [0.15, 0.2) is 66.7 Å². The molecule has 0 atom stereocenters. The average Bonchev–Trinajstić information content (AvgIpc) is 2.70. The Hall–Kier alpha value is -1.78. The van der Waals surface area contributed by atoms with Crippen molar-refractivity contribution in [2.24, 2.45) is 0 Å². The van der Waals surface area contributed by atoms with E-state index in [0.717, 1.165) is 45.2 Å². The van der Waals surface area contributed by atoms with Gasteiger partial charge in [-0.2, -0.15) is 0 Å². The predicted molar refractivity (Wildman–Crippen MR) is 122 cm³/mol. The summed E-state index contributed by atoms with van der Waals surface area (Å²) < 4.78 is 6.26. The second-order valence-electron chi connectivity index (χ2n) is 6.93. The molecule has 28 heavy (non-hydrogen) atoms. The lowest BCUT2D eigenvalue weighted by molar-refractivity contribution is 0.328. The Labute approximate surface area is 177 Å². The summed E-state index contributed by atoms with van der Waals surface area (Å²) in [5.41, 5.74) is 5.41. The van der Waals surface area contributed by atoms with Gasteiger partial charge in [-0.1, -0.05) is 77.8 Å². The van der Waals surface area contributed by atoms with Crippen molar-refractivity contribution in [1.29, 1.82) is 0 Å². The SMILES string of the molecule is Cc1ccc(B(OCCNCc2ccccc2)c2ccc(C)c(Cl)c2)cc1Cl. The molecule has 0 aliphatic rings. The first-order chi connectivity index (χ1) is 13.5. The molecule has 144 valence electrons. The molecule has 0 aliphatic carbocycles. The van der Waals surface area contributed by atoms with E-state index < -0.39 is 0 Å². The zero-order valence-corrected chi connectivity index (χ0v) is 17.7. The highest BCUT2D eigenvalue weighted by Crippen LogP contribution is 2.15. The molecule has 0 amide bonds. The lowest BCUT2D eigenvalue weighted by atomic mass is 9.55. The number of hydrogen-bond acceptors (Lipinski definition) is 2. The largest absolute Gasteiger partial charge is 0.426 e. The van der Waals surface area contributed by atoms with Crippen LogP contribution in [0.4, 0.5) is 0 Å². The smallest absolute Gasteiger partial charge is 0.361 e. The van der Waals surface area contributed by atoms with Crippen LogP contribution in [-0.2, 0) is 11.2 Å². The van der Waals surface area contributed by atoms with Crippen LogP contribution >= 0.6 is 23.2 Å². The van der Waals surface area contributed by atoms with Crippen molar-refractivity contribution in [1.82, 2.24) is 5.32 Å². The minimum absolute atomic E-state index is 0.213. The maximum atomic E-state index is 6.36. The van der Waals surface area contributed by atoms with Crippen LogP contribution < -0.4 is 16.2 Å². The first kappa shape index (κ1) is 20.9. The molecular formula is C23H24BCl2NO. The van der Waals surface area contributed by atoms with Crippen molar-refractivity contribution < 1.29 is 4.65 Å². The predicted octanol–water partition coefficient (Wildman–Crippen LogP) is 4.52. The summed E-state index contributed by atoms with van der Waals surface area (Å²) in [6.07, 6.45) is 0. The van der Waals surface area contributed by atoms with E-state index in [9.17, 15) is 0 Å². The lowest BCUT2D eigenvalue weighted by Gasteiger charge is -2.17. The molecule has 0 bridgehead atoms. The number of halogens is 2. The van der Waals surface area contributed by atoms with Gasteiger partial charge in [0.15, 0.2) is 0 Å². The van der Waals surface area contributed by atoms with Crippen LogP contribution in [0.3, 0.4) is 0 Å². The monoisotopic (exact) mass is 411 g/mol. The third-order valence-electron chi connectivity index (χ3n) is 4.73. The standard InChI is InChI=1S/C23H24BCl2NO/c1-17-8-10-20(14-22(17)25)24(21-11-9-18(2)23(26)15-21)28-13-12-27-16-19-6-4-3-5-7-19/h3-11,14-15,27H,12-13,16H2,1-2H3. The minimum atomic E-state index is -0.213. The van der Waals surface area contributed by atoms with E-state index in [0.29, 0.717) is 6.61 Å². The Balaban J connectivity index is 1.69. The Morgan fingerprint density at radius 1 is 0.821 bits per heavy atom. The fraction of sp³-hybridized carbons (Fsp3) is 0.217. The summed E-state index contributed by atoms with van der Waals surface area (Å²) in [6.45, 7) is 5.94. The molecule has 0 saturated heterocycles. The van der Waals surface area contributed by atoms with Crippen molar-refractivity contribution >= 4 is 41.0 Å². The van der Waals surface area contributed by atoms with E-state index in [2.05, 4.69) is 29.6 Å². The molecule has 0 unspecified atom stereocenters. The first-order valence-corrected chi connectivity index (χ1v) is 10.2. The summed E-state index contributed by atoms with van der Waals surface area (Å²) in [4.78, 5) is 0. The zero-order chi connectivity index (χ0) is 19.9. The maximum Gasteiger partial charge on any atom is 0.361 e. The van der Waals surface area contributed by atoms with Gasteiger partial charge in [0.1, 0.15) is 0 Å². The van der Waals surface area contributed by atoms with Gasteiger partial charge in [0, 0.05) is 29.7 Å². The van der Waals surface area contributed by atoms with Gasteiger partial charge in [-0.15, -0.1) is 0 Å².